The van der Waals surface area contributed by atoms with Gasteiger partial charge in [-0.1, -0.05) is 18.2 Å². The summed E-state index contributed by atoms with van der Waals surface area (Å²) in [5.74, 6) is -0.320. The molecule has 2 rings (SSSR count). The minimum atomic E-state index is -0.320. The zero-order valence-electron chi connectivity index (χ0n) is 9.07. The summed E-state index contributed by atoms with van der Waals surface area (Å²) in [6, 6.07) is 7.40. The molecule has 2 aromatic rings. The minimum absolute atomic E-state index is 0.320. The maximum Gasteiger partial charge on any atom is 0.142 e. The zero-order valence-corrected chi connectivity index (χ0v) is 9.07. The van der Waals surface area contributed by atoms with Crippen molar-refractivity contribution in [2.45, 2.75) is 13.5 Å². The molecule has 2 N–H and O–H groups in total. The molecule has 0 atom stereocenters. The predicted molar refractivity (Wildman–Crippen MR) is 62.3 cm³/mol. The fraction of sp³-hybridized carbons (Fsp3) is 0.154. The zero-order chi connectivity index (χ0) is 11.5. The quantitative estimate of drug-likeness (QED) is 0.838. The number of benzene rings is 1. The summed E-state index contributed by atoms with van der Waals surface area (Å²) in [4.78, 5) is 3.84. The third-order valence-electron chi connectivity index (χ3n) is 2.54. The number of aromatic nitrogens is 1. The van der Waals surface area contributed by atoms with Crippen LogP contribution in [0.4, 0.5) is 4.39 Å². The lowest BCUT2D eigenvalue weighted by atomic mass is 10.00. The standard InChI is InChI=1S/C13H13FN2/c1-9-4-10(6-15)2-3-13(9)11-5-12(14)8-16-7-11/h2-5,7-8H,6,15H2,1H3. The maximum atomic E-state index is 13.0. The summed E-state index contributed by atoms with van der Waals surface area (Å²) >= 11 is 0. The van der Waals surface area contributed by atoms with Crippen LogP contribution in [0.2, 0.25) is 0 Å². The molecule has 0 radical (unpaired) electrons. The van der Waals surface area contributed by atoms with Crippen molar-refractivity contribution in [1.82, 2.24) is 4.98 Å². The van der Waals surface area contributed by atoms with Gasteiger partial charge >= 0.3 is 0 Å². The molecule has 1 aromatic carbocycles. The van der Waals surface area contributed by atoms with Crippen LogP contribution in [-0.2, 0) is 6.54 Å². The van der Waals surface area contributed by atoms with Gasteiger partial charge in [-0.2, -0.15) is 0 Å². The van der Waals surface area contributed by atoms with E-state index in [-0.39, 0.29) is 5.82 Å². The van der Waals surface area contributed by atoms with Crippen molar-refractivity contribution in [3.05, 3.63) is 53.6 Å². The molecule has 0 fully saturated rings. The van der Waals surface area contributed by atoms with Gasteiger partial charge in [0.05, 0.1) is 6.20 Å². The first kappa shape index (κ1) is 10.8. The van der Waals surface area contributed by atoms with E-state index >= 15 is 0 Å². The number of pyridine rings is 1. The van der Waals surface area contributed by atoms with E-state index in [1.165, 1.54) is 12.3 Å². The van der Waals surface area contributed by atoms with Crippen molar-refractivity contribution in [3.63, 3.8) is 0 Å². The highest BCUT2D eigenvalue weighted by Gasteiger charge is 2.04. The molecule has 0 aliphatic carbocycles. The third-order valence-corrected chi connectivity index (χ3v) is 2.54. The van der Waals surface area contributed by atoms with Gasteiger partial charge in [-0.05, 0) is 29.7 Å². The number of rotatable bonds is 2. The molecule has 1 heterocycles. The van der Waals surface area contributed by atoms with Crippen LogP contribution < -0.4 is 5.73 Å². The van der Waals surface area contributed by atoms with E-state index in [0.29, 0.717) is 6.54 Å². The largest absolute Gasteiger partial charge is 0.326 e. The van der Waals surface area contributed by atoms with Crippen molar-refractivity contribution in [3.8, 4) is 11.1 Å². The molecule has 0 aliphatic heterocycles. The van der Waals surface area contributed by atoms with E-state index < -0.39 is 0 Å². The highest BCUT2D eigenvalue weighted by molar-refractivity contribution is 5.66. The van der Waals surface area contributed by atoms with Crippen LogP contribution in [0.3, 0.4) is 0 Å². The summed E-state index contributed by atoms with van der Waals surface area (Å²) < 4.78 is 13.0. The Morgan fingerprint density at radius 3 is 2.69 bits per heavy atom. The first-order chi connectivity index (χ1) is 7.70. The molecular formula is C13H13FN2. The Morgan fingerprint density at radius 1 is 1.25 bits per heavy atom. The molecular weight excluding hydrogens is 203 g/mol. The lowest BCUT2D eigenvalue weighted by molar-refractivity contribution is 0.622. The lowest BCUT2D eigenvalue weighted by Gasteiger charge is -2.07. The van der Waals surface area contributed by atoms with Gasteiger partial charge in [-0.25, -0.2) is 4.39 Å². The molecule has 0 bridgehead atoms. The second-order valence-electron chi connectivity index (χ2n) is 3.75. The highest BCUT2D eigenvalue weighted by atomic mass is 19.1. The van der Waals surface area contributed by atoms with E-state index in [0.717, 1.165) is 22.3 Å². The Hall–Kier alpha value is -1.74. The molecule has 0 aliphatic rings. The minimum Gasteiger partial charge on any atom is -0.326 e. The molecule has 0 amide bonds. The molecule has 1 aromatic heterocycles. The van der Waals surface area contributed by atoms with Crippen LogP contribution in [0.5, 0.6) is 0 Å². The average Bonchev–Trinajstić information content (AvgIpc) is 2.28. The average molecular weight is 216 g/mol. The molecule has 16 heavy (non-hydrogen) atoms. The first-order valence-electron chi connectivity index (χ1n) is 5.11. The van der Waals surface area contributed by atoms with Crippen molar-refractivity contribution in [2.24, 2.45) is 5.73 Å². The normalized spacial score (nSPS) is 10.4. The van der Waals surface area contributed by atoms with Crippen LogP contribution in [0.1, 0.15) is 11.1 Å². The number of nitrogens with zero attached hydrogens (tertiary/aromatic N) is 1. The Balaban J connectivity index is 2.48. The van der Waals surface area contributed by atoms with Crippen molar-refractivity contribution >= 4 is 0 Å². The van der Waals surface area contributed by atoms with Crippen molar-refractivity contribution in [1.29, 1.82) is 0 Å². The molecule has 0 saturated heterocycles. The van der Waals surface area contributed by atoms with E-state index in [1.807, 2.05) is 25.1 Å². The topological polar surface area (TPSA) is 38.9 Å². The fourth-order valence-electron chi connectivity index (χ4n) is 1.74. The van der Waals surface area contributed by atoms with Gasteiger partial charge in [0.25, 0.3) is 0 Å². The monoisotopic (exact) mass is 216 g/mol. The maximum absolute atomic E-state index is 13.0. The Morgan fingerprint density at radius 2 is 2.06 bits per heavy atom. The Bertz CT molecular complexity index is 509. The molecule has 0 saturated carbocycles. The van der Waals surface area contributed by atoms with Gasteiger partial charge < -0.3 is 5.73 Å². The third kappa shape index (κ3) is 2.09. The molecule has 82 valence electrons. The number of hydrogen-bond donors (Lipinski definition) is 1. The van der Waals surface area contributed by atoms with Crippen LogP contribution in [0, 0.1) is 12.7 Å². The summed E-state index contributed by atoms with van der Waals surface area (Å²) in [7, 11) is 0. The molecule has 3 heteroatoms. The van der Waals surface area contributed by atoms with Gasteiger partial charge in [-0.3, -0.25) is 4.98 Å². The highest BCUT2D eigenvalue weighted by Crippen LogP contribution is 2.23. The van der Waals surface area contributed by atoms with Gasteiger partial charge in [0.2, 0.25) is 0 Å². The van der Waals surface area contributed by atoms with Crippen molar-refractivity contribution in [2.75, 3.05) is 0 Å². The van der Waals surface area contributed by atoms with Gasteiger partial charge in [-0.15, -0.1) is 0 Å². The van der Waals surface area contributed by atoms with Crippen LogP contribution in [0.25, 0.3) is 11.1 Å². The molecule has 0 unspecified atom stereocenters. The second-order valence-corrected chi connectivity index (χ2v) is 3.75. The van der Waals surface area contributed by atoms with Crippen LogP contribution >= 0.6 is 0 Å². The Labute approximate surface area is 93.9 Å². The van der Waals surface area contributed by atoms with Crippen LogP contribution in [-0.4, -0.2) is 4.98 Å². The number of nitrogens with two attached hydrogens (primary N) is 1. The smallest absolute Gasteiger partial charge is 0.142 e. The van der Waals surface area contributed by atoms with E-state index in [4.69, 9.17) is 5.73 Å². The SMILES string of the molecule is Cc1cc(CN)ccc1-c1cncc(F)c1. The number of aryl methyl sites for hydroxylation is 1. The molecule has 0 spiro atoms. The Kier molecular flexibility index (Phi) is 2.97. The number of hydrogen-bond acceptors (Lipinski definition) is 2. The first-order valence-corrected chi connectivity index (χ1v) is 5.11. The fourth-order valence-corrected chi connectivity index (χ4v) is 1.74. The summed E-state index contributed by atoms with van der Waals surface area (Å²) in [6.45, 7) is 2.50. The van der Waals surface area contributed by atoms with Gasteiger partial charge in [0.15, 0.2) is 0 Å². The van der Waals surface area contributed by atoms with E-state index in [1.54, 1.807) is 6.20 Å². The van der Waals surface area contributed by atoms with E-state index in [9.17, 15) is 4.39 Å². The lowest BCUT2D eigenvalue weighted by Crippen LogP contribution is -1.97. The predicted octanol–water partition coefficient (Wildman–Crippen LogP) is 2.65. The van der Waals surface area contributed by atoms with Crippen molar-refractivity contribution < 1.29 is 4.39 Å². The van der Waals surface area contributed by atoms with Gasteiger partial charge in [0, 0.05) is 18.3 Å². The summed E-state index contributed by atoms with van der Waals surface area (Å²) in [5.41, 5.74) is 9.50. The van der Waals surface area contributed by atoms with E-state index in [2.05, 4.69) is 4.98 Å². The second kappa shape index (κ2) is 4.41. The van der Waals surface area contributed by atoms with Gasteiger partial charge in [0.1, 0.15) is 5.82 Å². The number of halogens is 1. The molecule has 2 nitrogen and oxygen atoms in total. The van der Waals surface area contributed by atoms with Crippen LogP contribution in [0.15, 0.2) is 36.7 Å². The summed E-state index contributed by atoms with van der Waals surface area (Å²) in [6.07, 6.45) is 2.86. The summed E-state index contributed by atoms with van der Waals surface area (Å²) in [5, 5.41) is 0.